The van der Waals surface area contributed by atoms with Gasteiger partial charge >= 0.3 is 0 Å². The third-order valence-corrected chi connectivity index (χ3v) is 3.75. The molecule has 21 heavy (non-hydrogen) atoms. The van der Waals surface area contributed by atoms with Crippen molar-refractivity contribution in [3.63, 3.8) is 0 Å². The maximum absolute atomic E-state index is 11.8. The summed E-state index contributed by atoms with van der Waals surface area (Å²) in [4.78, 5) is 11.8. The zero-order valence-corrected chi connectivity index (χ0v) is 13.4. The Morgan fingerprint density at radius 1 is 1.43 bits per heavy atom. The van der Waals surface area contributed by atoms with Crippen LogP contribution in [-0.2, 0) is 4.79 Å². The number of aryl methyl sites for hydroxylation is 1. The van der Waals surface area contributed by atoms with Gasteiger partial charge in [-0.1, -0.05) is 24.9 Å². The molecule has 0 aromatic heterocycles. The molecule has 1 rings (SSSR count). The maximum Gasteiger partial charge on any atom is 0.257 e. The van der Waals surface area contributed by atoms with Gasteiger partial charge in [-0.15, -0.1) is 0 Å². The van der Waals surface area contributed by atoms with Gasteiger partial charge in [-0.3, -0.25) is 4.79 Å². The van der Waals surface area contributed by atoms with Gasteiger partial charge in [0.15, 0.2) is 6.61 Å². The molecule has 1 aromatic carbocycles. The van der Waals surface area contributed by atoms with Crippen LogP contribution in [0.25, 0.3) is 0 Å². The molecular weight excluding hydrogens is 290 g/mol. The van der Waals surface area contributed by atoms with Gasteiger partial charge in [0.25, 0.3) is 5.91 Å². The van der Waals surface area contributed by atoms with E-state index in [0.29, 0.717) is 29.7 Å². The maximum atomic E-state index is 11.8. The second-order valence-corrected chi connectivity index (χ2v) is 5.58. The van der Waals surface area contributed by atoms with Gasteiger partial charge in [0.1, 0.15) is 5.75 Å². The van der Waals surface area contributed by atoms with E-state index >= 15 is 0 Å². The lowest BCUT2D eigenvalue weighted by atomic mass is 10.0. The Balaban J connectivity index is 2.34. The van der Waals surface area contributed by atoms with Crippen LogP contribution >= 0.6 is 11.6 Å². The molecule has 0 fully saturated rings. The van der Waals surface area contributed by atoms with Gasteiger partial charge in [-0.05, 0) is 49.4 Å². The number of benzene rings is 1. The Labute approximate surface area is 131 Å². The van der Waals surface area contributed by atoms with Crippen LogP contribution in [0, 0.1) is 12.8 Å². The van der Waals surface area contributed by atoms with E-state index < -0.39 is 0 Å². The molecule has 0 spiro atoms. The lowest BCUT2D eigenvalue weighted by Crippen LogP contribution is -2.33. The van der Waals surface area contributed by atoms with Crippen molar-refractivity contribution >= 4 is 17.5 Å². The summed E-state index contributed by atoms with van der Waals surface area (Å²) in [6.07, 6.45) is 2.75. The van der Waals surface area contributed by atoms with Crippen LogP contribution in [0.2, 0.25) is 5.02 Å². The summed E-state index contributed by atoms with van der Waals surface area (Å²) >= 11 is 5.93. The molecule has 0 heterocycles. The highest BCUT2D eigenvalue weighted by Gasteiger charge is 2.10. The van der Waals surface area contributed by atoms with Crippen molar-refractivity contribution in [2.24, 2.45) is 5.92 Å². The van der Waals surface area contributed by atoms with Crippen molar-refractivity contribution < 1.29 is 14.6 Å². The van der Waals surface area contributed by atoms with Gasteiger partial charge in [0, 0.05) is 18.2 Å². The SMILES string of the molecule is CCCC(CCO)CNC(=O)COc1ccc(Cl)c(C)c1. The summed E-state index contributed by atoms with van der Waals surface area (Å²) in [7, 11) is 0. The number of carbonyl (C=O) groups excluding carboxylic acids is 1. The number of aliphatic hydroxyl groups is 1. The average Bonchev–Trinajstić information content (AvgIpc) is 2.46. The molecule has 1 unspecified atom stereocenters. The third-order valence-electron chi connectivity index (χ3n) is 3.32. The van der Waals surface area contributed by atoms with Crippen molar-refractivity contribution in [1.29, 1.82) is 0 Å². The van der Waals surface area contributed by atoms with E-state index in [0.717, 1.165) is 18.4 Å². The molecule has 0 radical (unpaired) electrons. The van der Waals surface area contributed by atoms with Crippen LogP contribution in [0.4, 0.5) is 0 Å². The fourth-order valence-electron chi connectivity index (χ4n) is 2.10. The minimum atomic E-state index is -0.151. The van der Waals surface area contributed by atoms with E-state index in [-0.39, 0.29) is 19.1 Å². The number of halogens is 1. The smallest absolute Gasteiger partial charge is 0.257 e. The largest absolute Gasteiger partial charge is 0.484 e. The van der Waals surface area contributed by atoms with Crippen molar-refractivity contribution in [2.45, 2.75) is 33.1 Å². The number of rotatable bonds is 9. The van der Waals surface area contributed by atoms with Crippen molar-refractivity contribution in [2.75, 3.05) is 19.8 Å². The lowest BCUT2D eigenvalue weighted by Gasteiger charge is -2.15. The third kappa shape index (κ3) is 6.82. The van der Waals surface area contributed by atoms with E-state index in [1.807, 2.05) is 6.92 Å². The number of amides is 1. The number of nitrogens with one attached hydrogen (secondary N) is 1. The summed E-state index contributed by atoms with van der Waals surface area (Å²) in [5.74, 6) is 0.802. The Bertz CT molecular complexity index is 445. The first kappa shape index (κ1) is 17.8. The molecule has 0 aliphatic rings. The predicted molar refractivity (Wildman–Crippen MR) is 84.8 cm³/mol. The Morgan fingerprint density at radius 3 is 2.81 bits per heavy atom. The summed E-state index contributed by atoms with van der Waals surface area (Å²) < 4.78 is 5.44. The first-order valence-electron chi connectivity index (χ1n) is 7.33. The second-order valence-electron chi connectivity index (χ2n) is 5.17. The van der Waals surface area contributed by atoms with E-state index in [2.05, 4.69) is 12.2 Å². The van der Waals surface area contributed by atoms with Crippen LogP contribution in [0.15, 0.2) is 18.2 Å². The molecule has 1 amide bonds. The molecule has 1 aromatic rings. The standard InChI is InChI=1S/C16H24ClNO3/c1-3-4-13(7-8-19)10-18-16(20)11-21-14-5-6-15(17)12(2)9-14/h5-6,9,13,19H,3-4,7-8,10-11H2,1-2H3,(H,18,20). The number of ether oxygens (including phenoxy) is 1. The fraction of sp³-hybridized carbons (Fsp3) is 0.562. The number of hydrogen-bond donors (Lipinski definition) is 2. The molecule has 0 saturated heterocycles. The molecule has 5 heteroatoms. The minimum absolute atomic E-state index is 0.0148. The number of hydrogen-bond acceptors (Lipinski definition) is 3. The van der Waals surface area contributed by atoms with Gasteiger partial charge in [0.05, 0.1) is 0 Å². The Hall–Kier alpha value is -1.26. The quantitative estimate of drug-likeness (QED) is 0.737. The second kappa shape index (κ2) is 9.64. The first-order valence-corrected chi connectivity index (χ1v) is 7.71. The summed E-state index contributed by atoms with van der Waals surface area (Å²) in [6, 6.07) is 5.30. The van der Waals surface area contributed by atoms with Gasteiger partial charge in [-0.25, -0.2) is 0 Å². The van der Waals surface area contributed by atoms with Gasteiger partial charge in [0.2, 0.25) is 0 Å². The molecular formula is C16H24ClNO3. The predicted octanol–water partition coefficient (Wildman–Crippen LogP) is 2.94. The highest BCUT2D eigenvalue weighted by atomic mass is 35.5. The Morgan fingerprint density at radius 2 is 2.19 bits per heavy atom. The molecule has 1 atom stereocenters. The van der Waals surface area contributed by atoms with Crippen LogP contribution in [0.5, 0.6) is 5.75 Å². The van der Waals surface area contributed by atoms with Gasteiger partial charge in [-0.2, -0.15) is 0 Å². The summed E-state index contributed by atoms with van der Waals surface area (Å²) in [5.41, 5.74) is 0.917. The fourth-order valence-corrected chi connectivity index (χ4v) is 2.22. The molecule has 4 nitrogen and oxygen atoms in total. The normalized spacial score (nSPS) is 12.0. The number of carbonyl (C=O) groups is 1. The zero-order chi connectivity index (χ0) is 15.7. The molecule has 0 aliphatic carbocycles. The van der Waals surface area contributed by atoms with E-state index in [4.69, 9.17) is 21.4 Å². The van der Waals surface area contributed by atoms with E-state index in [1.54, 1.807) is 18.2 Å². The molecule has 0 saturated carbocycles. The molecule has 0 bridgehead atoms. The average molecular weight is 314 g/mol. The minimum Gasteiger partial charge on any atom is -0.484 e. The highest BCUT2D eigenvalue weighted by molar-refractivity contribution is 6.31. The highest BCUT2D eigenvalue weighted by Crippen LogP contribution is 2.20. The van der Waals surface area contributed by atoms with Crippen LogP contribution in [0.1, 0.15) is 31.7 Å². The lowest BCUT2D eigenvalue weighted by molar-refractivity contribution is -0.123. The monoisotopic (exact) mass is 313 g/mol. The molecule has 2 N–H and O–H groups in total. The van der Waals surface area contributed by atoms with Crippen molar-refractivity contribution in [3.05, 3.63) is 28.8 Å². The van der Waals surface area contributed by atoms with Crippen LogP contribution < -0.4 is 10.1 Å². The van der Waals surface area contributed by atoms with Crippen molar-refractivity contribution in [3.8, 4) is 5.75 Å². The zero-order valence-electron chi connectivity index (χ0n) is 12.7. The van der Waals surface area contributed by atoms with Crippen LogP contribution in [0.3, 0.4) is 0 Å². The molecule has 0 aliphatic heterocycles. The molecule has 118 valence electrons. The number of aliphatic hydroxyl groups excluding tert-OH is 1. The topological polar surface area (TPSA) is 58.6 Å². The summed E-state index contributed by atoms with van der Waals surface area (Å²) in [6.45, 7) is 4.70. The van der Waals surface area contributed by atoms with Crippen LogP contribution in [-0.4, -0.2) is 30.8 Å². The summed E-state index contributed by atoms with van der Waals surface area (Å²) in [5, 5.41) is 12.5. The van der Waals surface area contributed by atoms with E-state index in [9.17, 15) is 4.79 Å². The van der Waals surface area contributed by atoms with Gasteiger partial charge < -0.3 is 15.2 Å². The van der Waals surface area contributed by atoms with E-state index in [1.165, 1.54) is 0 Å². The van der Waals surface area contributed by atoms with Crippen molar-refractivity contribution in [1.82, 2.24) is 5.32 Å². The Kier molecular flexibility index (Phi) is 8.16. The first-order chi connectivity index (χ1) is 10.1.